The Balaban J connectivity index is 2.92. The van der Waals surface area contributed by atoms with Crippen molar-refractivity contribution >= 4 is 5.78 Å². The maximum atomic E-state index is 12.6. The Morgan fingerprint density at radius 2 is 2.05 bits per heavy atom. The molecule has 0 heterocycles. The molecule has 0 bridgehead atoms. The fourth-order valence-electron chi connectivity index (χ4n) is 1.84. The highest BCUT2D eigenvalue weighted by atomic mass is 19.4. The molecule has 0 aliphatic heterocycles. The number of Topliss-reactive ketones (excluding diaryl/α,β-unsaturated/α-hetero) is 1. The van der Waals surface area contributed by atoms with Crippen molar-refractivity contribution in [3.8, 4) is 0 Å². The topological polar surface area (TPSA) is 37.3 Å². The molecular formula is C14H17F3O2. The highest BCUT2D eigenvalue weighted by molar-refractivity contribution is 5.98. The monoisotopic (exact) mass is 274 g/mol. The molecule has 106 valence electrons. The van der Waals surface area contributed by atoms with Gasteiger partial charge in [0, 0.05) is 11.5 Å². The van der Waals surface area contributed by atoms with E-state index in [4.69, 9.17) is 0 Å². The molecule has 5 heteroatoms. The maximum absolute atomic E-state index is 12.6. The normalized spacial score (nSPS) is 13.3. The third kappa shape index (κ3) is 4.35. The summed E-state index contributed by atoms with van der Waals surface area (Å²) in [5.74, 6) is -1.05. The van der Waals surface area contributed by atoms with E-state index in [1.165, 1.54) is 12.1 Å². The van der Waals surface area contributed by atoms with Crippen LogP contribution in [0.1, 0.15) is 42.1 Å². The van der Waals surface area contributed by atoms with E-state index in [1.807, 2.05) is 6.92 Å². The molecule has 1 unspecified atom stereocenters. The van der Waals surface area contributed by atoms with Gasteiger partial charge in [0.05, 0.1) is 12.2 Å². The Morgan fingerprint density at radius 1 is 1.37 bits per heavy atom. The summed E-state index contributed by atoms with van der Waals surface area (Å²) in [6.45, 7) is 1.61. The number of benzene rings is 1. The fraction of sp³-hybridized carbons (Fsp3) is 0.500. The highest BCUT2D eigenvalue weighted by Gasteiger charge is 2.31. The van der Waals surface area contributed by atoms with Gasteiger partial charge in [-0.05, 0) is 18.6 Å². The summed E-state index contributed by atoms with van der Waals surface area (Å²) in [6.07, 6.45) is -2.35. The van der Waals surface area contributed by atoms with Gasteiger partial charge in [-0.2, -0.15) is 13.2 Å². The van der Waals surface area contributed by atoms with Crippen molar-refractivity contribution in [2.45, 2.75) is 32.4 Å². The Bertz CT molecular complexity index is 427. The predicted molar refractivity (Wildman–Crippen MR) is 65.9 cm³/mol. The predicted octanol–water partition coefficient (Wildman–Crippen LogP) is 3.69. The van der Waals surface area contributed by atoms with Crippen molar-refractivity contribution < 1.29 is 23.1 Å². The summed E-state index contributed by atoms with van der Waals surface area (Å²) in [6, 6.07) is 4.34. The van der Waals surface area contributed by atoms with Crippen LogP contribution in [0.15, 0.2) is 24.3 Å². The lowest BCUT2D eigenvalue weighted by molar-refractivity contribution is -0.137. The molecule has 0 amide bonds. The average Bonchev–Trinajstić information content (AvgIpc) is 2.38. The third-order valence-electron chi connectivity index (χ3n) is 2.97. The van der Waals surface area contributed by atoms with E-state index in [0.717, 1.165) is 25.0 Å². The van der Waals surface area contributed by atoms with Crippen molar-refractivity contribution in [3.05, 3.63) is 35.4 Å². The van der Waals surface area contributed by atoms with E-state index in [-0.39, 0.29) is 12.2 Å². The van der Waals surface area contributed by atoms with Crippen molar-refractivity contribution in [2.75, 3.05) is 6.61 Å². The minimum absolute atomic E-state index is 0.00461. The van der Waals surface area contributed by atoms with Gasteiger partial charge < -0.3 is 5.11 Å². The van der Waals surface area contributed by atoms with Crippen molar-refractivity contribution in [2.24, 2.45) is 5.92 Å². The largest absolute Gasteiger partial charge is 0.416 e. The number of ketones is 1. The van der Waals surface area contributed by atoms with Crippen LogP contribution in [0.2, 0.25) is 0 Å². The SMILES string of the molecule is CCCCC(CO)C(=O)c1cccc(C(F)(F)F)c1. The van der Waals surface area contributed by atoms with Gasteiger partial charge in [-0.1, -0.05) is 31.9 Å². The van der Waals surface area contributed by atoms with Crippen LogP contribution < -0.4 is 0 Å². The van der Waals surface area contributed by atoms with Crippen LogP contribution >= 0.6 is 0 Å². The second-order valence-corrected chi connectivity index (χ2v) is 4.46. The molecule has 1 atom stereocenters. The summed E-state index contributed by atoms with van der Waals surface area (Å²) in [7, 11) is 0. The molecule has 19 heavy (non-hydrogen) atoms. The third-order valence-corrected chi connectivity index (χ3v) is 2.97. The summed E-state index contributed by atoms with van der Waals surface area (Å²) in [5, 5.41) is 9.17. The molecule has 0 aliphatic rings. The van der Waals surface area contributed by atoms with E-state index in [1.54, 1.807) is 0 Å². The maximum Gasteiger partial charge on any atom is 0.416 e. The van der Waals surface area contributed by atoms with Crippen LogP contribution in [0.3, 0.4) is 0 Å². The van der Waals surface area contributed by atoms with E-state index >= 15 is 0 Å². The van der Waals surface area contributed by atoms with Gasteiger partial charge in [0.2, 0.25) is 0 Å². The van der Waals surface area contributed by atoms with Crippen LogP contribution in [0, 0.1) is 5.92 Å². The zero-order valence-electron chi connectivity index (χ0n) is 10.7. The minimum atomic E-state index is -4.46. The van der Waals surface area contributed by atoms with Gasteiger partial charge in [-0.15, -0.1) is 0 Å². The molecule has 0 radical (unpaired) electrons. The summed E-state index contributed by atoms with van der Waals surface area (Å²) >= 11 is 0. The second kappa shape index (κ2) is 6.70. The molecular weight excluding hydrogens is 257 g/mol. The molecule has 1 N–H and O–H groups in total. The first-order valence-electron chi connectivity index (χ1n) is 6.22. The zero-order chi connectivity index (χ0) is 14.5. The zero-order valence-corrected chi connectivity index (χ0v) is 10.7. The standard InChI is InChI=1S/C14H17F3O2/c1-2-3-5-11(9-18)13(19)10-6-4-7-12(8-10)14(15,16)17/h4,6-8,11,18H,2-3,5,9H2,1H3. The number of hydrogen-bond acceptors (Lipinski definition) is 2. The number of hydrogen-bond donors (Lipinski definition) is 1. The molecule has 0 aliphatic carbocycles. The molecule has 2 nitrogen and oxygen atoms in total. The van der Waals surface area contributed by atoms with E-state index in [2.05, 4.69) is 0 Å². The van der Waals surface area contributed by atoms with E-state index < -0.39 is 23.4 Å². The van der Waals surface area contributed by atoms with Crippen molar-refractivity contribution in [3.63, 3.8) is 0 Å². The summed E-state index contributed by atoms with van der Waals surface area (Å²) < 4.78 is 37.7. The van der Waals surface area contributed by atoms with Crippen molar-refractivity contribution in [1.82, 2.24) is 0 Å². The molecule has 1 aromatic rings. The Hall–Kier alpha value is -1.36. The molecule has 0 saturated carbocycles. The lowest BCUT2D eigenvalue weighted by atomic mass is 9.92. The van der Waals surface area contributed by atoms with Gasteiger partial charge >= 0.3 is 6.18 Å². The molecule has 1 aromatic carbocycles. The fourth-order valence-corrected chi connectivity index (χ4v) is 1.84. The van der Waals surface area contributed by atoms with Crippen LogP contribution in [0.4, 0.5) is 13.2 Å². The van der Waals surface area contributed by atoms with Crippen LogP contribution in [-0.2, 0) is 6.18 Å². The van der Waals surface area contributed by atoms with Gasteiger partial charge in [-0.25, -0.2) is 0 Å². The number of unbranched alkanes of at least 4 members (excludes halogenated alkanes) is 1. The smallest absolute Gasteiger partial charge is 0.396 e. The first-order valence-corrected chi connectivity index (χ1v) is 6.22. The minimum Gasteiger partial charge on any atom is -0.396 e. The second-order valence-electron chi connectivity index (χ2n) is 4.46. The van der Waals surface area contributed by atoms with Crippen molar-refractivity contribution in [1.29, 1.82) is 0 Å². The highest BCUT2D eigenvalue weighted by Crippen LogP contribution is 2.30. The summed E-state index contributed by atoms with van der Waals surface area (Å²) in [5.41, 5.74) is -0.837. The molecule has 0 fully saturated rings. The lowest BCUT2D eigenvalue weighted by Crippen LogP contribution is -2.19. The lowest BCUT2D eigenvalue weighted by Gasteiger charge is -2.14. The van der Waals surface area contributed by atoms with E-state index in [0.29, 0.717) is 6.42 Å². The number of aliphatic hydroxyl groups is 1. The Morgan fingerprint density at radius 3 is 2.58 bits per heavy atom. The van der Waals surface area contributed by atoms with Crippen LogP contribution in [-0.4, -0.2) is 17.5 Å². The summed E-state index contributed by atoms with van der Waals surface area (Å²) in [4.78, 5) is 12.0. The van der Waals surface area contributed by atoms with Crippen LogP contribution in [0.5, 0.6) is 0 Å². The van der Waals surface area contributed by atoms with E-state index in [9.17, 15) is 23.1 Å². The quantitative estimate of drug-likeness (QED) is 0.803. The molecule has 0 saturated heterocycles. The van der Waals surface area contributed by atoms with Gasteiger partial charge in [-0.3, -0.25) is 4.79 Å². The Labute approximate surface area is 110 Å². The molecule has 1 rings (SSSR count). The van der Waals surface area contributed by atoms with Gasteiger partial charge in [0.25, 0.3) is 0 Å². The molecule has 0 spiro atoms. The Kier molecular flexibility index (Phi) is 5.54. The number of carbonyl (C=O) groups excluding carboxylic acids is 1. The van der Waals surface area contributed by atoms with Crippen LogP contribution in [0.25, 0.3) is 0 Å². The molecule has 0 aromatic heterocycles. The number of alkyl halides is 3. The average molecular weight is 274 g/mol. The first kappa shape index (κ1) is 15.7. The number of carbonyl (C=O) groups is 1. The number of aliphatic hydroxyl groups excluding tert-OH is 1. The number of rotatable bonds is 6. The first-order chi connectivity index (χ1) is 8.90. The van der Waals surface area contributed by atoms with Gasteiger partial charge in [0.15, 0.2) is 5.78 Å². The number of halogens is 3. The van der Waals surface area contributed by atoms with Gasteiger partial charge in [0.1, 0.15) is 0 Å².